The fraction of sp³-hybridized carbons (Fsp3) is 0.118. The fourth-order valence-electron chi connectivity index (χ4n) is 2.02. The minimum atomic E-state index is -1.28. The van der Waals surface area contributed by atoms with Crippen LogP contribution in [0.2, 0.25) is 0 Å². The second-order valence-electron chi connectivity index (χ2n) is 4.77. The number of nitrogens with zero attached hydrogens (tertiary/aromatic N) is 1. The van der Waals surface area contributed by atoms with Crippen molar-refractivity contribution < 1.29 is 19.5 Å². The molecule has 1 aliphatic heterocycles. The van der Waals surface area contributed by atoms with E-state index in [1.54, 1.807) is 18.2 Å². The van der Waals surface area contributed by atoms with Crippen LogP contribution < -0.4 is 10.4 Å². The summed E-state index contributed by atoms with van der Waals surface area (Å²) >= 11 is 0.849. The first-order valence-electron chi connectivity index (χ1n) is 7.06. The van der Waals surface area contributed by atoms with Gasteiger partial charge < -0.3 is 15.2 Å². The van der Waals surface area contributed by atoms with Crippen LogP contribution in [0.25, 0.3) is 0 Å². The minimum absolute atomic E-state index is 0.0342. The summed E-state index contributed by atoms with van der Waals surface area (Å²) in [6, 6.07) is 5.75. The average molecular weight is 343 g/mol. The Morgan fingerprint density at radius 1 is 1.33 bits per heavy atom. The van der Waals surface area contributed by atoms with Crippen molar-refractivity contribution in [3.63, 3.8) is 0 Å². The molecule has 1 atom stereocenters. The maximum Gasteiger partial charge on any atom is 0.295 e. The van der Waals surface area contributed by atoms with Gasteiger partial charge in [0.25, 0.3) is 11.1 Å². The van der Waals surface area contributed by atoms with Gasteiger partial charge in [-0.3, -0.25) is 9.59 Å². The lowest BCUT2D eigenvalue weighted by atomic mass is 10.2. The monoisotopic (exact) mass is 343 g/mol. The van der Waals surface area contributed by atoms with Crippen LogP contribution in [-0.2, 0) is 4.79 Å². The first-order chi connectivity index (χ1) is 11.5. The van der Waals surface area contributed by atoms with Gasteiger partial charge in [-0.25, -0.2) is 4.90 Å². The number of hydrogen-bond acceptors (Lipinski definition) is 6. The van der Waals surface area contributed by atoms with Crippen LogP contribution in [0.1, 0.15) is 17.3 Å². The molecule has 1 aromatic carbocycles. The van der Waals surface area contributed by atoms with Gasteiger partial charge in [-0.15, -0.1) is 0 Å². The van der Waals surface area contributed by atoms with Gasteiger partial charge in [0.1, 0.15) is 0 Å². The molecule has 0 bridgehead atoms. The summed E-state index contributed by atoms with van der Waals surface area (Å²) in [4.78, 5) is 36.4. The van der Waals surface area contributed by atoms with Crippen molar-refractivity contribution >= 4 is 34.6 Å². The van der Waals surface area contributed by atoms with E-state index in [-0.39, 0.29) is 5.56 Å². The van der Waals surface area contributed by atoms with Crippen LogP contribution in [0.4, 0.5) is 10.5 Å². The van der Waals surface area contributed by atoms with Crippen molar-refractivity contribution in [3.8, 4) is 0 Å². The lowest BCUT2D eigenvalue weighted by Crippen LogP contribution is -2.33. The SMILES string of the molecule is C=C/C(=C\C=C/C)N1C(=O)S[C@H](Nc2ccc(C(=O)[O-])cc2)C1=O. The number of benzene rings is 1. The van der Waals surface area contributed by atoms with Gasteiger partial charge in [0, 0.05) is 5.69 Å². The molecule has 1 heterocycles. The lowest BCUT2D eigenvalue weighted by Gasteiger charge is -2.15. The number of anilines is 1. The number of carboxylic acid groups (broad SMARTS) is 1. The molecule has 2 amide bonds. The largest absolute Gasteiger partial charge is 0.545 e. The third-order valence-corrected chi connectivity index (χ3v) is 4.13. The zero-order valence-corrected chi connectivity index (χ0v) is 13.7. The van der Waals surface area contributed by atoms with E-state index >= 15 is 0 Å². The Hall–Kier alpha value is -2.80. The summed E-state index contributed by atoms with van der Waals surface area (Å²) in [5.41, 5.74) is 0.956. The van der Waals surface area contributed by atoms with Crippen molar-refractivity contribution in [2.45, 2.75) is 12.3 Å². The number of carbonyl (C=O) groups excluding carboxylic acids is 3. The summed E-state index contributed by atoms with van der Waals surface area (Å²) in [6.07, 6.45) is 6.55. The van der Waals surface area contributed by atoms with Gasteiger partial charge in [0.2, 0.25) is 0 Å². The Morgan fingerprint density at radius 3 is 2.54 bits per heavy atom. The van der Waals surface area contributed by atoms with Crippen molar-refractivity contribution in [3.05, 3.63) is 66.4 Å². The third-order valence-electron chi connectivity index (χ3n) is 3.19. The fourth-order valence-corrected chi connectivity index (χ4v) is 2.92. The summed E-state index contributed by atoms with van der Waals surface area (Å²) in [6.45, 7) is 5.44. The molecule has 0 radical (unpaired) electrons. The van der Waals surface area contributed by atoms with E-state index in [1.165, 1.54) is 30.3 Å². The number of nitrogens with one attached hydrogen (secondary N) is 1. The van der Waals surface area contributed by atoms with Crippen molar-refractivity contribution in [1.29, 1.82) is 0 Å². The van der Waals surface area contributed by atoms with Crippen LogP contribution in [0, 0.1) is 0 Å². The van der Waals surface area contributed by atoms with Crippen LogP contribution in [-0.4, -0.2) is 27.4 Å². The van der Waals surface area contributed by atoms with Crippen molar-refractivity contribution in [2.75, 3.05) is 5.32 Å². The summed E-state index contributed by atoms with van der Waals surface area (Å²) in [5.74, 6) is -1.69. The number of rotatable bonds is 6. The van der Waals surface area contributed by atoms with E-state index in [0.717, 1.165) is 16.7 Å². The van der Waals surface area contributed by atoms with Crippen molar-refractivity contribution in [2.24, 2.45) is 0 Å². The van der Waals surface area contributed by atoms with Crippen LogP contribution in [0.15, 0.2) is 60.8 Å². The molecule has 1 N–H and O–H groups in total. The molecule has 6 nitrogen and oxygen atoms in total. The standard InChI is InChI=1S/C17H16N2O4S/c1-3-5-6-13(4-2)19-15(20)14(24-17(19)23)18-12-9-7-11(8-10-12)16(21)22/h3-10,14,18H,2H2,1H3,(H,21,22)/p-1/b5-3-,13-6+/t14-/m0/s1. The van der Waals surface area contributed by atoms with Crippen LogP contribution >= 0.6 is 11.8 Å². The highest BCUT2D eigenvalue weighted by atomic mass is 32.2. The molecule has 0 aromatic heterocycles. The van der Waals surface area contributed by atoms with E-state index in [9.17, 15) is 19.5 Å². The zero-order valence-electron chi connectivity index (χ0n) is 12.9. The molecule has 1 saturated heterocycles. The summed E-state index contributed by atoms with van der Waals surface area (Å²) < 4.78 is 0. The number of aromatic carboxylic acids is 1. The molecule has 124 valence electrons. The molecule has 1 fully saturated rings. The average Bonchev–Trinajstić information content (AvgIpc) is 2.83. The minimum Gasteiger partial charge on any atom is -0.545 e. The number of hydrogen-bond donors (Lipinski definition) is 1. The Labute approximate surface area is 143 Å². The maximum absolute atomic E-state index is 12.5. The second-order valence-corrected chi connectivity index (χ2v) is 5.82. The first-order valence-corrected chi connectivity index (χ1v) is 7.94. The Balaban J connectivity index is 2.16. The first kappa shape index (κ1) is 17.6. The Morgan fingerprint density at radius 2 is 2.00 bits per heavy atom. The maximum atomic E-state index is 12.5. The number of carboxylic acids is 1. The molecule has 0 spiro atoms. The van der Waals surface area contributed by atoms with Gasteiger partial charge >= 0.3 is 0 Å². The van der Waals surface area contributed by atoms with Gasteiger partial charge in [-0.2, -0.15) is 0 Å². The van der Waals surface area contributed by atoms with Crippen molar-refractivity contribution in [1.82, 2.24) is 4.90 Å². The predicted molar refractivity (Wildman–Crippen MR) is 91.1 cm³/mol. The molecule has 1 aromatic rings. The number of thioether (sulfide) groups is 1. The molecule has 24 heavy (non-hydrogen) atoms. The molecular weight excluding hydrogens is 328 g/mol. The molecule has 2 rings (SSSR count). The lowest BCUT2D eigenvalue weighted by molar-refractivity contribution is -0.255. The smallest absolute Gasteiger partial charge is 0.295 e. The quantitative estimate of drug-likeness (QED) is 0.796. The molecule has 1 aliphatic rings. The highest BCUT2D eigenvalue weighted by Crippen LogP contribution is 2.31. The third kappa shape index (κ3) is 3.75. The number of carbonyl (C=O) groups is 3. The van der Waals surface area contributed by atoms with Crippen LogP contribution in [0.5, 0.6) is 0 Å². The molecule has 0 unspecified atom stereocenters. The van der Waals surface area contributed by atoms with E-state index in [2.05, 4.69) is 11.9 Å². The zero-order chi connectivity index (χ0) is 17.7. The van der Waals surface area contributed by atoms with Gasteiger partial charge in [0.15, 0.2) is 5.37 Å². The summed E-state index contributed by atoms with van der Waals surface area (Å²) in [5, 5.41) is 12.4. The van der Waals surface area contributed by atoms with E-state index in [1.807, 2.05) is 6.92 Å². The van der Waals surface area contributed by atoms with E-state index in [4.69, 9.17) is 0 Å². The van der Waals surface area contributed by atoms with E-state index < -0.39 is 22.5 Å². The Bertz CT molecular complexity index is 737. The number of amides is 2. The molecule has 0 saturated carbocycles. The number of allylic oxidation sites excluding steroid dienone is 4. The second kappa shape index (κ2) is 7.65. The van der Waals surface area contributed by atoms with Gasteiger partial charge in [0.05, 0.1) is 11.7 Å². The highest BCUT2D eigenvalue weighted by molar-refractivity contribution is 8.15. The van der Waals surface area contributed by atoms with Gasteiger partial charge in [-0.05, 0) is 48.5 Å². The molecular formula is C17H15N2O4S-. The topological polar surface area (TPSA) is 89.5 Å². The molecule has 7 heteroatoms. The highest BCUT2D eigenvalue weighted by Gasteiger charge is 2.40. The summed E-state index contributed by atoms with van der Waals surface area (Å²) in [7, 11) is 0. The van der Waals surface area contributed by atoms with Gasteiger partial charge in [-0.1, -0.05) is 30.9 Å². The normalized spacial score (nSPS) is 18.3. The molecule has 0 aliphatic carbocycles. The van der Waals surface area contributed by atoms with E-state index in [0.29, 0.717) is 11.4 Å². The predicted octanol–water partition coefficient (Wildman–Crippen LogP) is 2.13. The number of imide groups is 1. The Kier molecular flexibility index (Phi) is 5.59. The van der Waals surface area contributed by atoms with Crippen LogP contribution in [0.3, 0.4) is 0 Å².